The summed E-state index contributed by atoms with van der Waals surface area (Å²) < 4.78 is 0. The summed E-state index contributed by atoms with van der Waals surface area (Å²) in [5.41, 5.74) is 0.00913. The van der Waals surface area contributed by atoms with Gasteiger partial charge in [-0.3, -0.25) is 4.79 Å². The molecule has 19 heavy (non-hydrogen) atoms. The molecule has 112 valence electrons. The lowest BCUT2D eigenvalue weighted by Crippen LogP contribution is -2.50. The molecule has 0 bridgehead atoms. The van der Waals surface area contributed by atoms with Gasteiger partial charge in [-0.05, 0) is 46.7 Å². The highest BCUT2D eigenvalue weighted by molar-refractivity contribution is 5.78. The molecule has 1 amide bonds. The standard InChI is InChI=1S/C15H31N3O/c1-6-17(7-2)13-8-10-18(11-9-13)14(19)12-16-15(3,4)5/h13,16H,6-12H2,1-5H3. The van der Waals surface area contributed by atoms with E-state index in [-0.39, 0.29) is 11.4 Å². The molecule has 0 aliphatic carbocycles. The molecule has 0 radical (unpaired) electrons. The topological polar surface area (TPSA) is 35.6 Å². The van der Waals surface area contributed by atoms with Crippen molar-refractivity contribution in [2.45, 2.75) is 59.0 Å². The number of amides is 1. The Bertz CT molecular complexity index is 274. The van der Waals surface area contributed by atoms with Crippen molar-refractivity contribution in [2.24, 2.45) is 0 Å². The van der Waals surface area contributed by atoms with E-state index in [1.807, 2.05) is 4.90 Å². The van der Waals surface area contributed by atoms with Gasteiger partial charge in [0.2, 0.25) is 5.91 Å². The molecule has 0 aromatic rings. The van der Waals surface area contributed by atoms with Gasteiger partial charge in [-0.2, -0.15) is 0 Å². The monoisotopic (exact) mass is 269 g/mol. The van der Waals surface area contributed by atoms with Gasteiger partial charge in [-0.1, -0.05) is 13.8 Å². The Morgan fingerprint density at radius 3 is 2.16 bits per heavy atom. The van der Waals surface area contributed by atoms with Crippen LogP contribution in [0.25, 0.3) is 0 Å². The Labute approximate surface area is 118 Å². The lowest BCUT2D eigenvalue weighted by molar-refractivity contribution is -0.132. The highest BCUT2D eigenvalue weighted by atomic mass is 16.2. The van der Waals surface area contributed by atoms with Gasteiger partial charge >= 0.3 is 0 Å². The first-order valence-corrected chi connectivity index (χ1v) is 7.64. The lowest BCUT2D eigenvalue weighted by atomic mass is 10.0. The van der Waals surface area contributed by atoms with Crippen LogP contribution >= 0.6 is 0 Å². The Hall–Kier alpha value is -0.610. The first-order valence-electron chi connectivity index (χ1n) is 7.64. The van der Waals surface area contributed by atoms with Gasteiger partial charge < -0.3 is 15.1 Å². The van der Waals surface area contributed by atoms with E-state index in [1.54, 1.807) is 0 Å². The molecular weight excluding hydrogens is 238 g/mol. The first kappa shape index (κ1) is 16.4. The molecule has 0 aromatic heterocycles. The molecule has 1 rings (SSSR count). The van der Waals surface area contributed by atoms with E-state index >= 15 is 0 Å². The van der Waals surface area contributed by atoms with Gasteiger partial charge in [0, 0.05) is 24.7 Å². The van der Waals surface area contributed by atoms with Crippen molar-refractivity contribution >= 4 is 5.91 Å². The molecule has 1 aliphatic heterocycles. The normalized spacial score (nSPS) is 18.1. The molecule has 1 N–H and O–H groups in total. The number of likely N-dealkylation sites (tertiary alicyclic amines) is 1. The van der Waals surface area contributed by atoms with Gasteiger partial charge in [-0.15, -0.1) is 0 Å². The molecule has 4 nitrogen and oxygen atoms in total. The molecule has 0 aromatic carbocycles. The van der Waals surface area contributed by atoms with Crippen molar-refractivity contribution in [1.29, 1.82) is 0 Å². The summed E-state index contributed by atoms with van der Waals surface area (Å²) in [6.45, 7) is 15.2. The molecule has 0 spiro atoms. The SMILES string of the molecule is CCN(CC)C1CCN(C(=O)CNC(C)(C)C)CC1. The van der Waals surface area contributed by atoms with E-state index in [0.29, 0.717) is 12.6 Å². The van der Waals surface area contributed by atoms with Crippen molar-refractivity contribution in [3.8, 4) is 0 Å². The number of nitrogens with one attached hydrogen (secondary N) is 1. The van der Waals surface area contributed by atoms with Gasteiger partial charge in [0.1, 0.15) is 0 Å². The maximum atomic E-state index is 12.1. The first-order chi connectivity index (χ1) is 8.87. The van der Waals surface area contributed by atoms with Crippen LogP contribution in [0.2, 0.25) is 0 Å². The van der Waals surface area contributed by atoms with E-state index in [2.05, 4.69) is 44.8 Å². The Kier molecular flexibility index (Phi) is 6.27. The van der Waals surface area contributed by atoms with Crippen LogP contribution in [0.3, 0.4) is 0 Å². The van der Waals surface area contributed by atoms with Crippen molar-refractivity contribution in [1.82, 2.24) is 15.1 Å². The highest BCUT2D eigenvalue weighted by Gasteiger charge is 2.25. The third-order valence-corrected chi connectivity index (χ3v) is 3.92. The Morgan fingerprint density at radius 1 is 1.21 bits per heavy atom. The second kappa shape index (κ2) is 7.25. The molecular formula is C15H31N3O. The number of carbonyl (C=O) groups is 1. The van der Waals surface area contributed by atoms with Crippen molar-refractivity contribution < 1.29 is 4.79 Å². The lowest BCUT2D eigenvalue weighted by Gasteiger charge is -2.38. The smallest absolute Gasteiger partial charge is 0.236 e. The summed E-state index contributed by atoms with van der Waals surface area (Å²) in [7, 11) is 0. The summed E-state index contributed by atoms with van der Waals surface area (Å²) in [5.74, 6) is 0.243. The van der Waals surface area contributed by atoms with Crippen molar-refractivity contribution in [3.63, 3.8) is 0 Å². The zero-order chi connectivity index (χ0) is 14.5. The summed E-state index contributed by atoms with van der Waals surface area (Å²) in [6.07, 6.45) is 2.23. The average Bonchev–Trinajstić information content (AvgIpc) is 2.37. The molecule has 1 saturated heterocycles. The van der Waals surface area contributed by atoms with Crippen LogP contribution in [-0.2, 0) is 4.79 Å². The van der Waals surface area contributed by atoms with Crippen LogP contribution < -0.4 is 5.32 Å². The van der Waals surface area contributed by atoms with E-state index in [0.717, 1.165) is 39.0 Å². The van der Waals surface area contributed by atoms with E-state index in [9.17, 15) is 4.79 Å². The van der Waals surface area contributed by atoms with Crippen LogP contribution in [0.4, 0.5) is 0 Å². The average molecular weight is 269 g/mol. The van der Waals surface area contributed by atoms with Crippen molar-refractivity contribution in [2.75, 3.05) is 32.7 Å². The van der Waals surface area contributed by atoms with Crippen LogP contribution in [-0.4, -0.2) is 60.0 Å². The highest BCUT2D eigenvalue weighted by Crippen LogP contribution is 2.16. The number of carbonyl (C=O) groups excluding carboxylic acids is 1. The summed E-state index contributed by atoms with van der Waals surface area (Å²) in [4.78, 5) is 16.6. The predicted molar refractivity (Wildman–Crippen MR) is 80.3 cm³/mol. The Morgan fingerprint density at radius 2 is 1.74 bits per heavy atom. The number of hydrogen-bond donors (Lipinski definition) is 1. The molecule has 4 heteroatoms. The molecule has 0 atom stereocenters. The number of hydrogen-bond acceptors (Lipinski definition) is 3. The largest absolute Gasteiger partial charge is 0.341 e. The number of rotatable bonds is 5. The van der Waals surface area contributed by atoms with Gasteiger partial charge in [0.05, 0.1) is 6.54 Å². The number of nitrogens with zero attached hydrogens (tertiary/aromatic N) is 2. The molecule has 0 saturated carbocycles. The quantitative estimate of drug-likeness (QED) is 0.825. The summed E-state index contributed by atoms with van der Waals surface area (Å²) in [6, 6.07) is 0.662. The third kappa shape index (κ3) is 5.49. The summed E-state index contributed by atoms with van der Waals surface area (Å²) >= 11 is 0. The van der Waals surface area contributed by atoms with E-state index < -0.39 is 0 Å². The van der Waals surface area contributed by atoms with Gasteiger partial charge in [0.15, 0.2) is 0 Å². The minimum atomic E-state index is 0.00913. The fourth-order valence-electron chi connectivity index (χ4n) is 2.67. The second-order valence-electron chi connectivity index (χ2n) is 6.44. The fourth-order valence-corrected chi connectivity index (χ4v) is 2.67. The van der Waals surface area contributed by atoms with Gasteiger partial charge in [-0.25, -0.2) is 0 Å². The van der Waals surface area contributed by atoms with E-state index in [4.69, 9.17) is 0 Å². The van der Waals surface area contributed by atoms with Crippen molar-refractivity contribution in [3.05, 3.63) is 0 Å². The molecule has 1 fully saturated rings. The third-order valence-electron chi connectivity index (χ3n) is 3.92. The Balaban J connectivity index is 2.35. The molecule has 1 heterocycles. The maximum Gasteiger partial charge on any atom is 0.236 e. The second-order valence-corrected chi connectivity index (χ2v) is 6.44. The van der Waals surface area contributed by atoms with Crippen LogP contribution in [0.1, 0.15) is 47.5 Å². The number of piperidine rings is 1. The van der Waals surface area contributed by atoms with Gasteiger partial charge in [0.25, 0.3) is 0 Å². The van der Waals surface area contributed by atoms with Crippen LogP contribution in [0.15, 0.2) is 0 Å². The maximum absolute atomic E-state index is 12.1. The molecule has 0 unspecified atom stereocenters. The predicted octanol–water partition coefficient (Wildman–Crippen LogP) is 1.71. The van der Waals surface area contributed by atoms with E-state index in [1.165, 1.54) is 0 Å². The zero-order valence-corrected chi connectivity index (χ0v) is 13.3. The fraction of sp³-hybridized carbons (Fsp3) is 0.933. The van der Waals surface area contributed by atoms with Crippen LogP contribution in [0, 0.1) is 0 Å². The summed E-state index contributed by atoms with van der Waals surface area (Å²) in [5, 5.41) is 3.27. The zero-order valence-electron chi connectivity index (χ0n) is 13.3. The molecule has 1 aliphatic rings. The minimum Gasteiger partial charge on any atom is -0.341 e. The minimum absolute atomic E-state index is 0.00913. The van der Waals surface area contributed by atoms with Crippen LogP contribution in [0.5, 0.6) is 0 Å².